The molecule has 0 heterocycles. The molecule has 0 aromatic carbocycles. The highest BCUT2D eigenvalue weighted by Gasteiger charge is 2.36. The predicted molar refractivity (Wildman–Crippen MR) is 54.5 cm³/mol. The molecule has 1 rings (SSSR count). The van der Waals surface area contributed by atoms with Crippen LogP contribution in [-0.2, 0) is 4.79 Å². The van der Waals surface area contributed by atoms with E-state index < -0.39 is 0 Å². The van der Waals surface area contributed by atoms with E-state index in [0.717, 1.165) is 0 Å². The first-order valence-corrected chi connectivity index (χ1v) is 4.45. The number of carbonyl (C=O) groups is 1. The van der Waals surface area contributed by atoms with Crippen molar-refractivity contribution >= 4 is 5.78 Å². The van der Waals surface area contributed by atoms with Gasteiger partial charge in [0.25, 0.3) is 0 Å². The maximum Gasteiger partial charge on any atom is 0.182 e. The molecule has 0 saturated heterocycles. The van der Waals surface area contributed by atoms with Gasteiger partial charge in [-0.05, 0) is 20.2 Å². The van der Waals surface area contributed by atoms with Crippen LogP contribution >= 0.6 is 0 Å². The monoisotopic (exact) mass is 179 g/mol. The summed E-state index contributed by atoms with van der Waals surface area (Å²) in [7, 11) is 3.95. The molecule has 0 spiro atoms. The third kappa shape index (κ3) is 1.73. The molecular weight excluding hydrogens is 162 g/mol. The zero-order valence-corrected chi connectivity index (χ0v) is 8.79. The van der Waals surface area contributed by atoms with E-state index in [-0.39, 0.29) is 17.2 Å². The summed E-state index contributed by atoms with van der Waals surface area (Å²) in [4.78, 5) is 13.4. The Morgan fingerprint density at radius 1 is 1.46 bits per heavy atom. The molecule has 0 saturated carbocycles. The van der Waals surface area contributed by atoms with E-state index in [0.29, 0.717) is 5.57 Å². The molecule has 2 heteroatoms. The van der Waals surface area contributed by atoms with E-state index in [4.69, 9.17) is 0 Å². The fraction of sp³-hybridized carbons (Fsp3) is 0.545. The van der Waals surface area contributed by atoms with Gasteiger partial charge in [0.15, 0.2) is 5.78 Å². The molecule has 1 aliphatic carbocycles. The first-order valence-electron chi connectivity index (χ1n) is 4.45. The van der Waals surface area contributed by atoms with Crippen molar-refractivity contribution in [2.75, 3.05) is 14.1 Å². The molecule has 0 radical (unpaired) electrons. The normalized spacial score (nSPS) is 27.0. The predicted octanol–water partition coefficient (Wildman–Crippen LogP) is 1.64. The minimum Gasteiger partial charge on any atom is -0.301 e. The third-order valence-electron chi connectivity index (χ3n) is 2.53. The first kappa shape index (κ1) is 10.2. The second kappa shape index (κ2) is 3.11. The number of nitrogens with zero attached hydrogens (tertiary/aromatic N) is 1. The van der Waals surface area contributed by atoms with Crippen LogP contribution in [0.5, 0.6) is 0 Å². The van der Waals surface area contributed by atoms with Gasteiger partial charge in [0, 0.05) is 17.0 Å². The molecule has 0 bridgehead atoms. The van der Waals surface area contributed by atoms with Crippen molar-refractivity contribution in [2.24, 2.45) is 5.41 Å². The van der Waals surface area contributed by atoms with Gasteiger partial charge in [0.05, 0.1) is 0 Å². The molecule has 0 fully saturated rings. The zero-order chi connectivity index (χ0) is 10.2. The van der Waals surface area contributed by atoms with Crippen molar-refractivity contribution in [1.29, 1.82) is 0 Å². The van der Waals surface area contributed by atoms with Crippen LogP contribution in [-0.4, -0.2) is 30.8 Å². The number of ketones is 1. The molecule has 72 valence electrons. The van der Waals surface area contributed by atoms with Crippen molar-refractivity contribution in [2.45, 2.75) is 19.9 Å². The molecule has 0 amide bonds. The van der Waals surface area contributed by atoms with Crippen molar-refractivity contribution in [3.63, 3.8) is 0 Å². The molecule has 1 atom stereocenters. The van der Waals surface area contributed by atoms with E-state index >= 15 is 0 Å². The highest BCUT2D eigenvalue weighted by Crippen LogP contribution is 2.33. The lowest BCUT2D eigenvalue weighted by Gasteiger charge is -2.39. The van der Waals surface area contributed by atoms with E-state index in [9.17, 15) is 4.79 Å². The summed E-state index contributed by atoms with van der Waals surface area (Å²) in [5, 5.41) is 0. The quantitative estimate of drug-likeness (QED) is 0.570. The van der Waals surface area contributed by atoms with Gasteiger partial charge in [-0.3, -0.25) is 4.79 Å². The molecule has 1 unspecified atom stereocenters. The Balaban J connectivity index is 3.09. The van der Waals surface area contributed by atoms with Crippen LogP contribution in [0.4, 0.5) is 0 Å². The summed E-state index contributed by atoms with van der Waals surface area (Å²) in [5.74, 6) is 0.0537. The van der Waals surface area contributed by atoms with Crippen molar-refractivity contribution in [1.82, 2.24) is 4.90 Å². The highest BCUT2D eigenvalue weighted by molar-refractivity contribution is 6.05. The van der Waals surface area contributed by atoms with Gasteiger partial charge in [0.2, 0.25) is 0 Å². The summed E-state index contributed by atoms with van der Waals surface area (Å²) < 4.78 is 0. The van der Waals surface area contributed by atoms with Gasteiger partial charge < -0.3 is 4.90 Å². The fourth-order valence-electron chi connectivity index (χ4n) is 2.05. The van der Waals surface area contributed by atoms with E-state index in [1.807, 2.05) is 25.1 Å². The second-order valence-corrected chi connectivity index (χ2v) is 4.41. The molecular formula is C11H17NO. The summed E-state index contributed by atoms with van der Waals surface area (Å²) in [6.45, 7) is 8.08. The summed E-state index contributed by atoms with van der Waals surface area (Å²) in [6.07, 6.45) is 3.59. The van der Waals surface area contributed by atoms with Crippen LogP contribution < -0.4 is 0 Å². The topological polar surface area (TPSA) is 20.3 Å². The van der Waals surface area contributed by atoms with Gasteiger partial charge in [-0.25, -0.2) is 0 Å². The second-order valence-electron chi connectivity index (χ2n) is 4.41. The van der Waals surface area contributed by atoms with Gasteiger partial charge in [-0.1, -0.05) is 26.5 Å². The zero-order valence-electron chi connectivity index (χ0n) is 8.79. The van der Waals surface area contributed by atoms with Crippen LogP contribution in [0, 0.1) is 5.41 Å². The van der Waals surface area contributed by atoms with Crippen molar-refractivity contribution in [3.8, 4) is 0 Å². The Morgan fingerprint density at radius 2 is 2.00 bits per heavy atom. The van der Waals surface area contributed by atoms with Crippen LogP contribution in [0.1, 0.15) is 13.8 Å². The smallest absolute Gasteiger partial charge is 0.182 e. The van der Waals surface area contributed by atoms with E-state index in [1.54, 1.807) is 6.08 Å². The molecule has 2 nitrogen and oxygen atoms in total. The lowest BCUT2D eigenvalue weighted by Crippen LogP contribution is -2.45. The van der Waals surface area contributed by atoms with Crippen LogP contribution in [0.25, 0.3) is 0 Å². The maximum absolute atomic E-state index is 11.4. The van der Waals surface area contributed by atoms with Crippen LogP contribution in [0.2, 0.25) is 0 Å². The van der Waals surface area contributed by atoms with Crippen molar-refractivity contribution < 1.29 is 4.79 Å². The summed E-state index contributed by atoms with van der Waals surface area (Å²) in [5.41, 5.74) is 0.687. The summed E-state index contributed by atoms with van der Waals surface area (Å²) in [6, 6.07) is 0.116. The number of rotatable bonds is 1. The van der Waals surface area contributed by atoms with Gasteiger partial charge in [-0.2, -0.15) is 0 Å². The van der Waals surface area contributed by atoms with Gasteiger partial charge in [-0.15, -0.1) is 0 Å². The number of likely N-dealkylation sites (N-methyl/N-ethyl adjacent to an activating group) is 1. The van der Waals surface area contributed by atoms with E-state index in [1.165, 1.54) is 0 Å². The number of hydrogen-bond donors (Lipinski definition) is 0. The standard InChI is InChI=1S/C11H17NO/c1-8-9(13)6-7-11(2,3)10(8)12(4)5/h6-7,10H,1H2,2-5H3. The van der Waals surface area contributed by atoms with Gasteiger partial charge in [0.1, 0.15) is 0 Å². The van der Waals surface area contributed by atoms with Crippen LogP contribution in [0.15, 0.2) is 24.3 Å². The minimum atomic E-state index is -0.00546. The first-order chi connectivity index (χ1) is 5.86. The van der Waals surface area contributed by atoms with E-state index in [2.05, 4.69) is 20.4 Å². The molecule has 0 N–H and O–H groups in total. The fourth-order valence-corrected chi connectivity index (χ4v) is 2.05. The Bertz CT molecular complexity index is 274. The average molecular weight is 179 g/mol. The lowest BCUT2D eigenvalue weighted by atomic mass is 9.75. The SMILES string of the molecule is C=C1C(=O)C=CC(C)(C)C1N(C)C. The van der Waals surface area contributed by atoms with Crippen molar-refractivity contribution in [3.05, 3.63) is 24.3 Å². The molecule has 13 heavy (non-hydrogen) atoms. The number of allylic oxidation sites excluding steroid dienone is 1. The Hall–Kier alpha value is -0.890. The molecule has 1 aliphatic rings. The Morgan fingerprint density at radius 3 is 2.38 bits per heavy atom. The number of hydrogen-bond acceptors (Lipinski definition) is 2. The highest BCUT2D eigenvalue weighted by atomic mass is 16.1. The average Bonchev–Trinajstić information content (AvgIpc) is 1.96. The molecule has 0 aromatic heterocycles. The minimum absolute atomic E-state index is 0.00546. The Labute approximate surface area is 79.9 Å². The lowest BCUT2D eigenvalue weighted by molar-refractivity contribution is -0.112. The summed E-state index contributed by atoms with van der Waals surface area (Å²) >= 11 is 0. The largest absolute Gasteiger partial charge is 0.301 e. The molecule has 0 aliphatic heterocycles. The Kier molecular flexibility index (Phi) is 2.44. The third-order valence-corrected chi connectivity index (χ3v) is 2.53. The molecule has 0 aromatic rings. The maximum atomic E-state index is 11.4. The number of carbonyl (C=O) groups excluding carboxylic acids is 1. The van der Waals surface area contributed by atoms with Crippen LogP contribution in [0.3, 0.4) is 0 Å². The van der Waals surface area contributed by atoms with Gasteiger partial charge >= 0.3 is 0 Å².